The van der Waals surface area contributed by atoms with Crippen LogP contribution in [0, 0.1) is 5.92 Å². The maximum atomic E-state index is 14.4. The number of fused-ring (bicyclic) bond motifs is 1. The number of nitrogens with zero attached hydrogens (tertiary/aromatic N) is 1. The molecule has 1 aromatic carbocycles. The number of thiazole rings is 1. The number of carbonyl (C=O) groups is 1. The molecule has 0 fully saturated rings. The van der Waals surface area contributed by atoms with Crippen LogP contribution in [0.25, 0.3) is 11.5 Å². The number of rotatable bonds is 11. The van der Waals surface area contributed by atoms with Crippen LogP contribution in [-0.4, -0.2) is 31.9 Å². The minimum atomic E-state index is -3.56. The van der Waals surface area contributed by atoms with Crippen LogP contribution in [0.3, 0.4) is 0 Å². The third kappa shape index (κ3) is 6.80. The van der Waals surface area contributed by atoms with E-state index in [1.807, 2.05) is 0 Å². The molecular weight excluding hydrogens is 630 g/mol. The van der Waals surface area contributed by atoms with Gasteiger partial charge in [-0.2, -0.15) is 0 Å². The summed E-state index contributed by atoms with van der Waals surface area (Å²) in [5.41, 5.74) is 6.87. The van der Waals surface area contributed by atoms with Gasteiger partial charge in [0.05, 0.1) is 0 Å². The molecule has 37 heavy (non-hydrogen) atoms. The van der Waals surface area contributed by atoms with E-state index < -0.39 is 28.6 Å². The predicted octanol–water partition coefficient (Wildman–Crippen LogP) is 2.28. The van der Waals surface area contributed by atoms with Crippen LogP contribution in [0.2, 0.25) is 0 Å². The molecule has 0 radical (unpaired) electrons. The standard InChI is InChI=1S/C25H31IN2O7PS/c1-14(2)10-21-23(28-25(27)37-21)19-8-9-22(34-19)36(30,12-26-16(5)24(29)33-15(3)4)35-17-6-7-18-20(11-17)32-13-31-18/h6-9,11,14-16H,10,12-13H2,1-5H3,(H2,27,28)/q-1/t16-,36?/m1/s1. The maximum absolute atomic E-state index is 14.4. The number of nitrogens with two attached hydrogens (primary N) is 1. The molecule has 0 aliphatic carbocycles. The molecule has 1 unspecified atom stereocenters. The molecule has 3 heterocycles. The van der Waals surface area contributed by atoms with Crippen LogP contribution in [-0.2, 0) is 20.5 Å². The summed E-state index contributed by atoms with van der Waals surface area (Å²) in [6, 6.07) is 8.45. The van der Waals surface area contributed by atoms with Gasteiger partial charge in [-0.1, -0.05) is 0 Å². The van der Waals surface area contributed by atoms with Gasteiger partial charge in [-0.15, -0.1) is 0 Å². The number of halogens is 1. The third-order valence-corrected chi connectivity index (χ3v) is 13.7. The van der Waals surface area contributed by atoms with Crippen molar-refractivity contribution in [3.8, 4) is 28.7 Å². The van der Waals surface area contributed by atoms with Crippen molar-refractivity contribution in [3.63, 3.8) is 0 Å². The van der Waals surface area contributed by atoms with Crippen LogP contribution in [0.15, 0.2) is 34.7 Å². The molecule has 0 spiro atoms. The van der Waals surface area contributed by atoms with Gasteiger partial charge in [-0.25, -0.2) is 0 Å². The fourth-order valence-electron chi connectivity index (χ4n) is 3.53. The van der Waals surface area contributed by atoms with E-state index in [0.717, 1.165) is 11.3 Å². The number of carbonyl (C=O) groups excluding carboxylic acids is 1. The number of alkyl halides is 2. The second kappa shape index (κ2) is 11.7. The van der Waals surface area contributed by atoms with Crippen molar-refractivity contribution < 1.29 is 53.7 Å². The van der Waals surface area contributed by atoms with Gasteiger partial charge in [0.1, 0.15) is 0 Å². The van der Waals surface area contributed by atoms with Crippen LogP contribution < -0.4 is 46.4 Å². The van der Waals surface area contributed by atoms with Crippen molar-refractivity contribution in [2.75, 3.05) is 16.7 Å². The van der Waals surface area contributed by atoms with E-state index in [2.05, 4.69) is 18.8 Å². The first-order valence-corrected chi connectivity index (χ1v) is 17.3. The zero-order chi connectivity index (χ0) is 26.7. The van der Waals surface area contributed by atoms with Gasteiger partial charge in [-0.3, -0.25) is 0 Å². The number of anilines is 1. The topological polar surface area (TPSA) is 123 Å². The first-order valence-electron chi connectivity index (χ1n) is 11.9. The molecule has 4 rings (SSSR count). The molecule has 2 atom stereocenters. The first-order chi connectivity index (χ1) is 17.5. The number of ether oxygens (including phenoxy) is 3. The molecule has 0 saturated carbocycles. The molecule has 12 heteroatoms. The number of furan rings is 1. The number of esters is 1. The summed E-state index contributed by atoms with van der Waals surface area (Å²) >= 11 is 0.523. The Labute approximate surface area is 230 Å². The zero-order valence-corrected chi connectivity index (χ0v) is 25.2. The third-order valence-electron chi connectivity index (χ3n) is 5.20. The van der Waals surface area contributed by atoms with Crippen molar-refractivity contribution in [1.29, 1.82) is 0 Å². The molecule has 1 aliphatic rings. The Kier molecular flexibility index (Phi) is 8.75. The molecule has 1 aliphatic heterocycles. The van der Waals surface area contributed by atoms with Gasteiger partial charge in [0.25, 0.3) is 0 Å². The van der Waals surface area contributed by atoms with Crippen molar-refractivity contribution in [3.05, 3.63) is 35.2 Å². The van der Waals surface area contributed by atoms with Crippen molar-refractivity contribution in [2.45, 2.75) is 51.1 Å². The average Bonchev–Trinajstić information content (AvgIpc) is 3.56. The Morgan fingerprint density at radius 1 is 1.16 bits per heavy atom. The Morgan fingerprint density at radius 3 is 2.65 bits per heavy atom. The molecule has 202 valence electrons. The quantitative estimate of drug-likeness (QED) is 0.143. The summed E-state index contributed by atoms with van der Waals surface area (Å²) in [6.07, 6.45) is 0.584. The second-order valence-corrected chi connectivity index (χ2v) is 17.3. The van der Waals surface area contributed by atoms with Gasteiger partial charge in [-0.05, 0) is 0 Å². The Morgan fingerprint density at radius 2 is 1.92 bits per heavy atom. The van der Waals surface area contributed by atoms with E-state index in [9.17, 15) is 9.36 Å². The normalized spacial score (nSPS) is 15.2. The molecular formula is C25H31IN2O7PS-. The summed E-state index contributed by atoms with van der Waals surface area (Å²) in [5, 5.41) is 0.451. The summed E-state index contributed by atoms with van der Waals surface area (Å²) in [7, 11) is -3.56. The van der Waals surface area contributed by atoms with Crippen molar-refractivity contribution in [1.82, 2.24) is 4.98 Å². The number of nitrogen functional groups attached to an aromatic ring is 1. The zero-order valence-electron chi connectivity index (χ0n) is 21.4. The number of hydrogen-bond donors (Lipinski definition) is 1. The second-order valence-electron chi connectivity index (χ2n) is 9.21. The van der Waals surface area contributed by atoms with E-state index in [-0.39, 0.29) is 32.5 Å². The predicted molar refractivity (Wildman–Crippen MR) is 139 cm³/mol. The van der Waals surface area contributed by atoms with Crippen LogP contribution >= 0.6 is 18.7 Å². The monoisotopic (exact) mass is 661 g/mol. The average molecular weight is 661 g/mol. The van der Waals surface area contributed by atoms with E-state index in [4.69, 9.17) is 28.9 Å². The number of benzene rings is 1. The summed E-state index contributed by atoms with van der Waals surface area (Å²) in [5.74, 6) is 2.07. The molecule has 2 N–H and O–H groups in total. The molecule has 0 amide bonds. The number of hydrogen-bond acceptors (Lipinski definition) is 10. The van der Waals surface area contributed by atoms with Crippen LogP contribution in [0.1, 0.15) is 39.5 Å². The Balaban J connectivity index is 1.63. The fourth-order valence-corrected chi connectivity index (χ4v) is 11.5. The van der Waals surface area contributed by atoms with Gasteiger partial charge < -0.3 is 0 Å². The van der Waals surface area contributed by atoms with Gasteiger partial charge in [0.15, 0.2) is 0 Å². The van der Waals surface area contributed by atoms with Crippen LogP contribution in [0.5, 0.6) is 17.2 Å². The van der Waals surface area contributed by atoms with E-state index >= 15 is 0 Å². The van der Waals surface area contributed by atoms with Crippen molar-refractivity contribution >= 4 is 35.3 Å². The van der Waals surface area contributed by atoms with Gasteiger partial charge in [0.2, 0.25) is 0 Å². The van der Waals surface area contributed by atoms with Gasteiger partial charge in [0, 0.05) is 0 Å². The Bertz CT molecular complexity index is 1310. The molecule has 3 aromatic rings. The van der Waals surface area contributed by atoms with E-state index in [1.165, 1.54) is 11.3 Å². The minimum absolute atomic E-state index is 0.119. The van der Waals surface area contributed by atoms with E-state index in [1.54, 1.807) is 51.1 Å². The van der Waals surface area contributed by atoms with Crippen molar-refractivity contribution in [2.24, 2.45) is 5.92 Å². The first kappa shape index (κ1) is 27.8. The molecule has 9 nitrogen and oxygen atoms in total. The number of aromatic nitrogens is 1. The SMILES string of the molecule is CC(C)Cc1sc(N)nc1-c1ccc(P(=O)(C[I-][C@H](C)C(=O)OC(C)C)Oc2ccc3c(c2)OCO3)o1. The molecule has 0 saturated heterocycles. The van der Waals surface area contributed by atoms with Crippen LogP contribution in [0.4, 0.5) is 5.13 Å². The molecule has 2 aromatic heterocycles. The summed E-state index contributed by atoms with van der Waals surface area (Å²) in [4.78, 5) is 17.9. The van der Waals surface area contributed by atoms with Gasteiger partial charge >= 0.3 is 232 Å². The Hall–Kier alpha value is -2.24. The molecule has 0 bridgehead atoms. The summed E-state index contributed by atoms with van der Waals surface area (Å²) in [6.45, 7) is 9.77. The summed E-state index contributed by atoms with van der Waals surface area (Å²) < 4.78 is 42.6. The fraction of sp³-hybridized carbons (Fsp3) is 0.440. The van der Waals surface area contributed by atoms with E-state index in [0.29, 0.717) is 39.8 Å².